The molecule has 1 N–H and O–H groups in total. The second-order valence-corrected chi connectivity index (χ2v) is 8.90. The minimum atomic E-state index is -0.865. The molecule has 0 saturated carbocycles. The van der Waals surface area contributed by atoms with Crippen molar-refractivity contribution in [1.82, 2.24) is 0 Å². The number of carboxylic acid groups (broad SMARTS) is 1. The lowest BCUT2D eigenvalue weighted by molar-refractivity contribution is -0.148. The van der Waals surface area contributed by atoms with E-state index in [1.54, 1.807) is 12.1 Å². The van der Waals surface area contributed by atoms with Gasteiger partial charge in [-0.2, -0.15) is 0 Å². The molecule has 1 rings (SSSR count). The van der Waals surface area contributed by atoms with Gasteiger partial charge < -0.3 is 9.84 Å². The molecule has 0 aromatic heterocycles. The monoisotopic (exact) mass is 448 g/mol. The SMILES string of the molecule is CCC(C)c1ccc(C(=O)O)cc1.CCCCCCCCCCCCOC(=O)C(C)CC. The molecule has 2 atom stereocenters. The molecule has 0 bridgehead atoms. The number of carbonyl (C=O) groups is 2. The summed E-state index contributed by atoms with van der Waals surface area (Å²) >= 11 is 0. The normalized spacial score (nSPS) is 12.4. The van der Waals surface area contributed by atoms with Crippen molar-refractivity contribution < 1.29 is 19.4 Å². The van der Waals surface area contributed by atoms with Gasteiger partial charge in [-0.25, -0.2) is 4.79 Å². The van der Waals surface area contributed by atoms with Gasteiger partial charge >= 0.3 is 11.9 Å². The molecule has 0 aliphatic carbocycles. The van der Waals surface area contributed by atoms with Crippen LogP contribution in [0.25, 0.3) is 0 Å². The Morgan fingerprint density at radius 3 is 1.72 bits per heavy atom. The maximum absolute atomic E-state index is 11.4. The fourth-order valence-electron chi connectivity index (χ4n) is 3.26. The van der Waals surface area contributed by atoms with Gasteiger partial charge in [0.2, 0.25) is 0 Å². The number of rotatable bonds is 16. The quantitative estimate of drug-likeness (QED) is 0.204. The average Bonchev–Trinajstić information content (AvgIpc) is 2.81. The first-order valence-electron chi connectivity index (χ1n) is 12.9. The molecule has 0 heterocycles. The topological polar surface area (TPSA) is 63.6 Å². The summed E-state index contributed by atoms with van der Waals surface area (Å²) in [6.07, 6.45) is 15.1. The second-order valence-electron chi connectivity index (χ2n) is 8.90. The number of ether oxygens (including phenoxy) is 1. The van der Waals surface area contributed by atoms with Gasteiger partial charge in [-0.05, 0) is 42.9 Å². The van der Waals surface area contributed by atoms with Crippen molar-refractivity contribution in [2.24, 2.45) is 5.92 Å². The molecule has 2 unspecified atom stereocenters. The van der Waals surface area contributed by atoms with E-state index in [-0.39, 0.29) is 11.9 Å². The molecule has 0 amide bonds. The zero-order valence-electron chi connectivity index (χ0n) is 21.3. The zero-order chi connectivity index (χ0) is 24.2. The van der Waals surface area contributed by atoms with E-state index in [2.05, 4.69) is 20.8 Å². The molecule has 0 spiro atoms. The van der Waals surface area contributed by atoms with Crippen molar-refractivity contribution in [2.75, 3.05) is 6.61 Å². The van der Waals surface area contributed by atoms with Crippen molar-refractivity contribution in [2.45, 2.75) is 118 Å². The third-order valence-electron chi connectivity index (χ3n) is 6.10. The Labute approximate surface area is 197 Å². The second kappa shape index (κ2) is 19.8. The smallest absolute Gasteiger partial charge is 0.335 e. The summed E-state index contributed by atoms with van der Waals surface area (Å²) in [5.74, 6) is -0.333. The van der Waals surface area contributed by atoms with Gasteiger partial charge in [0, 0.05) is 0 Å². The summed E-state index contributed by atoms with van der Waals surface area (Å²) in [5, 5.41) is 8.67. The van der Waals surface area contributed by atoms with E-state index < -0.39 is 5.97 Å². The lowest BCUT2D eigenvalue weighted by Gasteiger charge is -2.08. The molecular weight excluding hydrogens is 400 g/mol. The van der Waals surface area contributed by atoms with E-state index in [0.29, 0.717) is 18.1 Å². The Kier molecular flexibility index (Phi) is 18.7. The summed E-state index contributed by atoms with van der Waals surface area (Å²) in [4.78, 5) is 22.0. The molecule has 0 saturated heterocycles. The van der Waals surface area contributed by atoms with Crippen LogP contribution in [0.5, 0.6) is 0 Å². The number of esters is 1. The van der Waals surface area contributed by atoms with Crippen molar-refractivity contribution in [3.63, 3.8) is 0 Å². The highest BCUT2D eigenvalue weighted by Gasteiger charge is 2.10. The Morgan fingerprint density at radius 1 is 0.781 bits per heavy atom. The van der Waals surface area contributed by atoms with Crippen molar-refractivity contribution in [1.29, 1.82) is 0 Å². The Hall–Kier alpha value is -1.84. The molecule has 4 nitrogen and oxygen atoms in total. The summed E-state index contributed by atoms with van der Waals surface area (Å²) in [7, 11) is 0. The molecule has 32 heavy (non-hydrogen) atoms. The number of aromatic carboxylic acids is 1. The van der Waals surface area contributed by atoms with E-state index in [9.17, 15) is 9.59 Å². The van der Waals surface area contributed by atoms with Crippen LogP contribution in [0.3, 0.4) is 0 Å². The lowest BCUT2D eigenvalue weighted by atomic mass is 9.98. The lowest BCUT2D eigenvalue weighted by Crippen LogP contribution is -2.14. The van der Waals surface area contributed by atoms with Gasteiger partial charge in [-0.1, -0.05) is 105 Å². The van der Waals surface area contributed by atoms with E-state index >= 15 is 0 Å². The molecule has 4 heteroatoms. The van der Waals surface area contributed by atoms with Gasteiger partial charge in [0.1, 0.15) is 0 Å². The zero-order valence-corrected chi connectivity index (χ0v) is 21.3. The van der Waals surface area contributed by atoms with E-state index in [0.717, 1.165) is 19.3 Å². The van der Waals surface area contributed by atoms with E-state index in [1.807, 2.05) is 26.0 Å². The van der Waals surface area contributed by atoms with E-state index in [1.165, 1.54) is 63.4 Å². The summed E-state index contributed by atoms with van der Waals surface area (Å²) in [6, 6.07) is 7.09. The van der Waals surface area contributed by atoms with Gasteiger partial charge in [-0.15, -0.1) is 0 Å². The predicted molar refractivity (Wildman–Crippen MR) is 134 cm³/mol. The number of hydrogen-bond acceptors (Lipinski definition) is 3. The third-order valence-corrected chi connectivity index (χ3v) is 6.10. The number of benzene rings is 1. The molecular formula is C28H48O4. The maximum atomic E-state index is 11.4. The number of carbonyl (C=O) groups excluding carboxylic acids is 1. The minimum Gasteiger partial charge on any atom is -0.478 e. The first-order valence-corrected chi connectivity index (χ1v) is 12.9. The molecule has 0 aliphatic heterocycles. The number of hydrogen-bond donors (Lipinski definition) is 1. The van der Waals surface area contributed by atoms with Crippen LogP contribution in [0.15, 0.2) is 24.3 Å². The molecule has 0 aliphatic rings. The summed E-state index contributed by atoms with van der Waals surface area (Å²) in [6.45, 7) is 11.1. The molecule has 1 aromatic carbocycles. The Bertz CT molecular complexity index is 594. The molecule has 0 radical (unpaired) electrons. The highest BCUT2D eigenvalue weighted by Crippen LogP contribution is 2.18. The average molecular weight is 449 g/mol. The number of carboxylic acids is 1. The van der Waals surface area contributed by atoms with E-state index in [4.69, 9.17) is 9.84 Å². The van der Waals surface area contributed by atoms with Crippen LogP contribution in [0.2, 0.25) is 0 Å². The van der Waals surface area contributed by atoms with Crippen molar-refractivity contribution in [3.8, 4) is 0 Å². The van der Waals surface area contributed by atoms with Crippen LogP contribution in [-0.2, 0) is 9.53 Å². The van der Waals surface area contributed by atoms with Crippen LogP contribution in [-0.4, -0.2) is 23.7 Å². The van der Waals surface area contributed by atoms with Crippen LogP contribution in [0, 0.1) is 5.92 Å². The number of unbranched alkanes of at least 4 members (excludes halogenated alkanes) is 9. The third kappa shape index (κ3) is 15.0. The summed E-state index contributed by atoms with van der Waals surface area (Å²) < 4.78 is 5.23. The van der Waals surface area contributed by atoms with Gasteiger partial charge in [0.05, 0.1) is 18.1 Å². The maximum Gasteiger partial charge on any atom is 0.335 e. The predicted octanol–water partition coefficient (Wildman–Crippen LogP) is 8.39. The first kappa shape index (κ1) is 30.2. The minimum absolute atomic E-state index is 0.0292. The molecule has 184 valence electrons. The Morgan fingerprint density at radius 2 is 1.28 bits per heavy atom. The van der Waals surface area contributed by atoms with Crippen LogP contribution >= 0.6 is 0 Å². The Balaban J connectivity index is 0.000000641. The van der Waals surface area contributed by atoms with Gasteiger partial charge in [0.25, 0.3) is 0 Å². The van der Waals surface area contributed by atoms with Crippen LogP contribution < -0.4 is 0 Å². The van der Waals surface area contributed by atoms with Gasteiger partial charge in [-0.3, -0.25) is 4.79 Å². The fourth-order valence-corrected chi connectivity index (χ4v) is 3.26. The first-order chi connectivity index (χ1) is 15.4. The summed E-state index contributed by atoms with van der Waals surface area (Å²) in [5.41, 5.74) is 1.56. The van der Waals surface area contributed by atoms with Crippen LogP contribution in [0.4, 0.5) is 0 Å². The highest BCUT2D eigenvalue weighted by atomic mass is 16.5. The largest absolute Gasteiger partial charge is 0.478 e. The fraction of sp³-hybridized carbons (Fsp3) is 0.714. The van der Waals surface area contributed by atoms with Crippen molar-refractivity contribution in [3.05, 3.63) is 35.4 Å². The van der Waals surface area contributed by atoms with Gasteiger partial charge in [0.15, 0.2) is 0 Å². The highest BCUT2D eigenvalue weighted by molar-refractivity contribution is 5.87. The standard InChI is InChI=1S/C17H34O2.C11H14O2/c1-4-6-7-8-9-10-11-12-13-14-15-19-17(18)16(3)5-2;1-3-8(2)9-4-6-10(7-5-9)11(12)13/h16H,4-15H2,1-3H3;4-8H,3H2,1-2H3,(H,12,13). The van der Waals surface area contributed by atoms with Crippen LogP contribution in [0.1, 0.15) is 134 Å². The molecule has 0 fully saturated rings. The molecule has 1 aromatic rings. The van der Waals surface area contributed by atoms with Crippen molar-refractivity contribution >= 4 is 11.9 Å².